The molecule has 1 aromatic carbocycles. The van der Waals surface area contributed by atoms with Gasteiger partial charge in [0.15, 0.2) is 0 Å². The Morgan fingerprint density at radius 3 is 2.09 bits per heavy atom. The van der Waals surface area contributed by atoms with Crippen LogP contribution in [0.1, 0.15) is 51.2 Å². The van der Waals surface area contributed by atoms with Crippen molar-refractivity contribution in [2.75, 3.05) is 19.7 Å². The minimum Gasteiger partial charge on any atom is -0.396 e. The van der Waals surface area contributed by atoms with Crippen LogP contribution in [-0.2, 0) is 6.54 Å². The molecule has 0 amide bonds. The van der Waals surface area contributed by atoms with E-state index in [1.54, 1.807) is 0 Å². The highest BCUT2D eigenvalue weighted by Gasteiger charge is 2.52. The first-order valence-corrected chi connectivity index (χ1v) is 8.66. The Hall–Kier alpha value is -1.30. The second kappa shape index (κ2) is 5.65. The lowest BCUT2D eigenvalue weighted by atomic mass is 9.52. The van der Waals surface area contributed by atoms with Crippen LogP contribution in [0, 0.1) is 28.6 Å². The first-order valence-electron chi connectivity index (χ1n) is 8.66. The molecule has 1 aliphatic heterocycles. The van der Waals surface area contributed by atoms with Gasteiger partial charge in [0.25, 0.3) is 0 Å². The number of hydrogen-bond acceptors (Lipinski definition) is 2. The fraction of sp³-hybridized carbons (Fsp3) is 0.619. The number of hydrogen-bond donors (Lipinski definition) is 1. The summed E-state index contributed by atoms with van der Waals surface area (Å²) < 4.78 is 0. The highest BCUT2D eigenvalue weighted by molar-refractivity contribution is 5.34. The van der Waals surface area contributed by atoms with Crippen molar-refractivity contribution in [3.63, 3.8) is 0 Å². The number of benzene rings is 1. The summed E-state index contributed by atoms with van der Waals surface area (Å²) in [6, 6.07) is 8.38. The minimum atomic E-state index is 0.0856. The summed E-state index contributed by atoms with van der Waals surface area (Å²) in [7, 11) is 0. The van der Waals surface area contributed by atoms with Gasteiger partial charge >= 0.3 is 0 Å². The minimum absolute atomic E-state index is 0.0856. The number of rotatable bonds is 3. The van der Waals surface area contributed by atoms with Crippen molar-refractivity contribution in [3.05, 3.63) is 35.4 Å². The van der Waals surface area contributed by atoms with E-state index in [1.807, 2.05) is 12.1 Å². The Bertz CT molecular complexity index is 594. The number of nitrogens with zero attached hydrogens (tertiary/aromatic N) is 1. The van der Waals surface area contributed by atoms with E-state index in [0.29, 0.717) is 17.4 Å². The molecule has 23 heavy (non-hydrogen) atoms. The SMILES string of the molecule is C#Cc1ccc(CN2C[C@@]3(C)CC(C)(CO)C[C@@](C)(C2)C3)cc1. The van der Waals surface area contributed by atoms with E-state index in [2.05, 4.69) is 43.7 Å². The molecule has 124 valence electrons. The Morgan fingerprint density at radius 1 is 1.04 bits per heavy atom. The van der Waals surface area contributed by atoms with E-state index in [9.17, 15) is 5.11 Å². The number of fused-ring (bicyclic) bond motifs is 2. The van der Waals surface area contributed by atoms with Crippen molar-refractivity contribution in [3.8, 4) is 12.3 Å². The van der Waals surface area contributed by atoms with E-state index in [0.717, 1.165) is 38.0 Å². The van der Waals surface area contributed by atoms with Gasteiger partial charge in [-0.3, -0.25) is 4.90 Å². The topological polar surface area (TPSA) is 23.5 Å². The van der Waals surface area contributed by atoms with Crippen molar-refractivity contribution in [2.24, 2.45) is 16.2 Å². The van der Waals surface area contributed by atoms with Gasteiger partial charge in [0, 0.05) is 31.8 Å². The summed E-state index contributed by atoms with van der Waals surface area (Å²) in [5, 5.41) is 9.86. The molecule has 1 N–H and O–H groups in total. The molecular formula is C21H29NO. The molecule has 3 rings (SSSR count). The van der Waals surface area contributed by atoms with Crippen LogP contribution < -0.4 is 0 Å². The van der Waals surface area contributed by atoms with Crippen molar-refractivity contribution in [2.45, 2.75) is 46.6 Å². The second-order valence-electron chi connectivity index (χ2n) is 9.11. The Balaban J connectivity index is 1.76. The van der Waals surface area contributed by atoms with Crippen LogP contribution in [0.5, 0.6) is 0 Å². The molecule has 1 saturated heterocycles. The quantitative estimate of drug-likeness (QED) is 0.861. The summed E-state index contributed by atoms with van der Waals surface area (Å²) >= 11 is 0. The smallest absolute Gasteiger partial charge is 0.0485 e. The van der Waals surface area contributed by atoms with Crippen molar-refractivity contribution < 1.29 is 5.11 Å². The molecule has 2 nitrogen and oxygen atoms in total. The van der Waals surface area contributed by atoms with Gasteiger partial charge in [-0.2, -0.15) is 0 Å². The molecule has 1 saturated carbocycles. The predicted molar refractivity (Wildman–Crippen MR) is 94.9 cm³/mol. The molecule has 0 aromatic heterocycles. The lowest BCUT2D eigenvalue weighted by molar-refractivity contribution is -0.105. The summed E-state index contributed by atoms with van der Waals surface area (Å²) in [6.45, 7) is 10.6. The van der Waals surface area contributed by atoms with E-state index < -0.39 is 0 Å². The standard InChI is InChI=1S/C21H29NO/c1-5-17-6-8-18(9-7-17)10-22-14-19(2)11-20(3,15-22)13-21(4,12-19)16-23/h1,6-9,23H,10-16H2,2-4H3/t19-,20+,21?. The molecule has 0 spiro atoms. The summed E-state index contributed by atoms with van der Waals surface area (Å²) in [5.41, 5.74) is 2.98. The Labute approximate surface area is 140 Å². The third-order valence-electron chi connectivity index (χ3n) is 5.68. The molecule has 1 aliphatic carbocycles. The molecule has 2 bridgehead atoms. The van der Waals surface area contributed by atoms with E-state index in [-0.39, 0.29) is 5.41 Å². The van der Waals surface area contributed by atoms with Gasteiger partial charge in [0.2, 0.25) is 0 Å². The average Bonchev–Trinajstić information content (AvgIpc) is 2.45. The number of aliphatic hydroxyl groups excluding tert-OH is 1. The Kier molecular flexibility index (Phi) is 4.07. The molecule has 1 heterocycles. The van der Waals surface area contributed by atoms with Crippen LogP contribution in [0.4, 0.5) is 0 Å². The third kappa shape index (κ3) is 3.47. The molecule has 3 atom stereocenters. The molecule has 0 radical (unpaired) electrons. The number of aliphatic hydroxyl groups is 1. The molecule has 1 unspecified atom stereocenters. The maximum atomic E-state index is 9.86. The lowest BCUT2D eigenvalue weighted by Gasteiger charge is -2.59. The van der Waals surface area contributed by atoms with E-state index in [4.69, 9.17) is 6.42 Å². The third-order valence-corrected chi connectivity index (χ3v) is 5.68. The highest BCUT2D eigenvalue weighted by Crippen LogP contribution is 2.57. The van der Waals surface area contributed by atoms with Crippen molar-refractivity contribution in [1.29, 1.82) is 0 Å². The lowest BCUT2D eigenvalue weighted by Crippen LogP contribution is -2.57. The molecule has 2 heteroatoms. The van der Waals surface area contributed by atoms with Gasteiger partial charge in [-0.25, -0.2) is 0 Å². The zero-order valence-corrected chi connectivity index (χ0v) is 14.7. The van der Waals surface area contributed by atoms with Gasteiger partial charge < -0.3 is 5.11 Å². The average molecular weight is 311 g/mol. The largest absolute Gasteiger partial charge is 0.396 e. The van der Waals surface area contributed by atoms with Gasteiger partial charge in [0.05, 0.1) is 0 Å². The van der Waals surface area contributed by atoms with Gasteiger partial charge in [-0.15, -0.1) is 6.42 Å². The summed E-state index contributed by atoms with van der Waals surface area (Å²) in [5.74, 6) is 2.68. The van der Waals surface area contributed by atoms with Crippen LogP contribution >= 0.6 is 0 Å². The molecule has 2 aliphatic rings. The first-order chi connectivity index (χ1) is 10.8. The Morgan fingerprint density at radius 2 is 1.61 bits per heavy atom. The van der Waals surface area contributed by atoms with Crippen LogP contribution in [0.2, 0.25) is 0 Å². The zero-order chi connectivity index (χ0) is 16.7. The first kappa shape index (κ1) is 16.6. The number of terminal acetylenes is 1. The molecule has 2 fully saturated rings. The fourth-order valence-electron chi connectivity index (χ4n) is 5.83. The van der Waals surface area contributed by atoms with Gasteiger partial charge in [0.1, 0.15) is 0 Å². The summed E-state index contributed by atoms with van der Waals surface area (Å²) in [4.78, 5) is 2.60. The number of piperidine rings is 1. The fourth-order valence-corrected chi connectivity index (χ4v) is 5.83. The van der Waals surface area contributed by atoms with E-state index >= 15 is 0 Å². The normalized spacial score (nSPS) is 37.3. The van der Waals surface area contributed by atoms with E-state index in [1.165, 1.54) is 12.0 Å². The molecule has 1 aromatic rings. The predicted octanol–water partition coefficient (Wildman–Crippen LogP) is 3.68. The maximum absolute atomic E-state index is 9.86. The van der Waals surface area contributed by atoms with Gasteiger partial charge in [-0.1, -0.05) is 38.8 Å². The van der Waals surface area contributed by atoms with Gasteiger partial charge in [-0.05, 0) is 53.2 Å². The zero-order valence-electron chi connectivity index (χ0n) is 14.7. The van der Waals surface area contributed by atoms with Crippen LogP contribution in [0.15, 0.2) is 24.3 Å². The second-order valence-corrected chi connectivity index (χ2v) is 9.11. The van der Waals surface area contributed by atoms with Crippen LogP contribution in [0.3, 0.4) is 0 Å². The van der Waals surface area contributed by atoms with Crippen molar-refractivity contribution >= 4 is 0 Å². The van der Waals surface area contributed by atoms with Crippen LogP contribution in [-0.4, -0.2) is 29.7 Å². The highest BCUT2D eigenvalue weighted by atomic mass is 16.3. The van der Waals surface area contributed by atoms with Crippen molar-refractivity contribution in [1.82, 2.24) is 4.90 Å². The van der Waals surface area contributed by atoms with Crippen LogP contribution in [0.25, 0.3) is 0 Å². The number of likely N-dealkylation sites (tertiary alicyclic amines) is 1. The summed E-state index contributed by atoms with van der Waals surface area (Å²) in [6.07, 6.45) is 8.97. The molecular weight excluding hydrogens is 282 g/mol. The maximum Gasteiger partial charge on any atom is 0.0485 e. The monoisotopic (exact) mass is 311 g/mol.